The van der Waals surface area contributed by atoms with Crippen molar-refractivity contribution in [2.75, 3.05) is 13.1 Å². The lowest BCUT2D eigenvalue weighted by molar-refractivity contribution is -0.0595. The van der Waals surface area contributed by atoms with E-state index in [0.717, 1.165) is 41.5 Å². The topological polar surface area (TPSA) is 3.24 Å². The highest BCUT2D eigenvalue weighted by Gasteiger charge is 2.52. The Kier molecular flexibility index (Phi) is 2.84. The minimum Gasteiger partial charge on any atom is -0.299 e. The summed E-state index contributed by atoms with van der Waals surface area (Å²) >= 11 is 0. The Morgan fingerprint density at radius 3 is 2.30 bits per heavy atom. The molecule has 1 unspecified atom stereocenters. The standard InChI is InChI=1S/C22H29N/c1-2-4-20-16(3-1)5-6-17-12-23(13-21(17)20)22-18-8-14-7-15(10-18)11-19(22)9-14/h1-4,14-15,17-19,21-22H,5-13H2/t14?,15?,17?,18?,19?,21-,22?/m1/s1. The van der Waals surface area contributed by atoms with Gasteiger partial charge in [0.2, 0.25) is 0 Å². The summed E-state index contributed by atoms with van der Waals surface area (Å²) in [6.45, 7) is 2.78. The number of benzene rings is 1. The molecule has 0 radical (unpaired) electrons. The summed E-state index contributed by atoms with van der Waals surface area (Å²) in [7, 11) is 0. The van der Waals surface area contributed by atoms with Crippen molar-refractivity contribution in [2.45, 2.75) is 56.9 Å². The van der Waals surface area contributed by atoms with Crippen LogP contribution in [0.25, 0.3) is 0 Å². The van der Waals surface area contributed by atoms with Gasteiger partial charge >= 0.3 is 0 Å². The summed E-state index contributed by atoms with van der Waals surface area (Å²) in [6, 6.07) is 10.3. The molecule has 1 aromatic carbocycles. The summed E-state index contributed by atoms with van der Waals surface area (Å²) < 4.78 is 0. The molecule has 0 amide bonds. The van der Waals surface area contributed by atoms with Crippen LogP contribution in [-0.2, 0) is 6.42 Å². The van der Waals surface area contributed by atoms with E-state index in [4.69, 9.17) is 0 Å². The quantitative estimate of drug-likeness (QED) is 0.740. The van der Waals surface area contributed by atoms with Crippen molar-refractivity contribution in [1.82, 2.24) is 4.90 Å². The molecule has 1 aromatic rings. The van der Waals surface area contributed by atoms with Crippen molar-refractivity contribution in [2.24, 2.45) is 29.6 Å². The SMILES string of the molecule is c1ccc2c(c1)CCC1CN(C3C4CC5CC(C4)CC3C5)C[C@@H]21. The maximum Gasteiger partial charge on any atom is 0.0152 e. The lowest BCUT2D eigenvalue weighted by Gasteiger charge is -2.57. The van der Waals surface area contributed by atoms with Crippen molar-refractivity contribution < 1.29 is 0 Å². The fourth-order valence-electron chi connectivity index (χ4n) is 7.75. The fraction of sp³-hybridized carbons (Fsp3) is 0.727. The first kappa shape index (κ1) is 13.5. The molecular weight excluding hydrogens is 278 g/mol. The van der Waals surface area contributed by atoms with E-state index in [9.17, 15) is 0 Å². The van der Waals surface area contributed by atoms with E-state index < -0.39 is 0 Å². The van der Waals surface area contributed by atoms with E-state index in [-0.39, 0.29) is 0 Å². The van der Waals surface area contributed by atoms with Crippen molar-refractivity contribution in [3.63, 3.8) is 0 Å². The van der Waals surface area contributed by atoms with E-state index in [1.165, 1.54) is 25.9 Å². The van der Waals surface area contributed by atoms with Crippen LogP contribution in [0.3, 0.4) is 0 Å². The van der Waals surface area contributed by atoms with Gasteiger partial charge in [0.05, 0.1) is 0 Å². The van der Waals surface area contributed by atoms with Gasteiger partial charge < -0.3 is 0 Å². The van der Waals surface area contributed by atoms with Crippen molar-refractivity contribution >= 4 is 0 Å². The van der Waals surface area contributed by atoms with Crippen molar-refractivity contribution in [1.29, 1.82) is 0 Å². The summed E-state index contributed by atoms with van der Waals surface area (Å²) in [5, 5.41) is 0. The largest absolute Gasteiger partial charge is 0.299 e. The third kappa shape index (κ3) is 1.95. The van der Waals surface area contributed by atoms with E-state index in [2.05, 4.69) is 29.2 Å². The number of aryl methyl sites for hydroxylation is 1. The zero-order valence-electron chi connectivity index (χ0n) is 14.2. The first-order valence-electron chi connectivity index (χ1n) is 10.2. The van der Waals surface area contributed by atoms with E-state index >= 15 is 0 Å². The Morgan fingerprint density at radius 1 is 0.783 bits per heavy atom. The summed E-state index contributed by atoms with van der Waals surface area (Å²) in [4.78, 5) is 2.99. The van der Waals surface area contributed by atoms with Crippen LogP contribution in [0.1, 0.15) is 55.6 Å². The maximum atomic E-state index is 2.99. The zero-order chi connectivity index (χ0) is 15.0. The molecule has 1 saturated heterocycles. The predicted octanol–water partition coefficient (Wildman–Crippen LogP) is 4.47. The van der Waals surface area contributed by atoms with Crippen LogP contribution >= 0.6 is 0 Å². The molecule has 0 spiro atoms. The lowest BCUT2D eigenvalue weighted by atomic mass is 9.54. The van der Waals surface area contributed by atoms with Crippen LogP contribution in [0.15, 0.2) is 24.3 Å². The Morgan fingerprint density at radius 2 is 1.52 bits per heavy atom. The van der Waals surface area contributed by atoms with Gasteiger partial charge in [0.15, 0.2) is 0 Å². The molecule has 4 bridgehead atoms. The summed E-state index contributed by atoms with van der Waals surface area (Å²) in [6.07, 6.45) is 10.6. The zero-order valence-corrected chi connectivity index (χ0v) is 14.2. The van der Waals surface area contributed by atoms with Gasteiger partial charge in [-0.25, -0.2) is 0 Å². The molecule has 0 N–H and O–H groups in total. The number of fused-ring (bicyclic) bond motifs is 3. The first-order chi connectivity index (χ1) is 11.3. The van der Waals surface area contributed by atoms with Gasteiger partial charge in [-0.3, -0.25) is 4.90 Å². The second-order valence-electron chi connectivity index (χ2n) is 9.48. The highest BCUT2D eigenvalue weighted by Crippen LogP contribution is 2.56. The molecule has 1 nitrogen and oxygen atoms in total. The molecule has 1 heteroatoms. The second kappa shape index (κ2) is 4.85. The lowest BCUT2D eigenvalue weighted by Crippen LogP contribution is -2.55. The monoisotopic (exact) mass is 307 g/mol. The van der Waals surface area contributed by atoms with Gasteiger partial charge in [0, 0.05) is 25.0 Å². The molecule has 5 aliphatic carbocycles. The molecular formula is C22H29N. The molecule has 1 aliphatic heterocycles. The molecule has 6 aliphatic rings. The van der Waals surface area contributed by atoms with Gasteiger partial charge in [-0.05, 0) is 85.7 Å². The number of rotatable bonds is 1. The molecule has 4 saturated carbocycles. The van der Waals surface area contributed by atoms with Crippen LogP contribution in [0.5, 0.6) is 0 Å². The molecule has 23 heavy (non-hydrogen) atoms. The Balaban J connectivity index is 1.29. The van der Waals surface area contributed by atoms with E-state index in [1.54, 1.807) is 43.2 Å². The van der Waals surface area contributed by atoms with Gasteiger partial charge in [-0.2, -0.15) is 0 Å². The molecule has 0 aromatic heterocycles. The summed E-state index contributed by atoms with van der Waals surface area (Å²) in [5.74, 6) is 6.13. The van der Waals surface area contributed by atoms with Crippen LogP contribution in [0.2, 0.25) is 0 Å². The average Bonchev–Trinajstić information content (AvgIpc) is 2.98. The first-order valence-corrected chi connectivity index (χ1v) is 10.2. The Labute approximate surface area is 140 Å². The third-order valence-electron chi connectivity index (χ3n) is 8.31. The van der Waals surface area contributed by atoms with E-state index in [1.807, 2.05) is 0 Å². The highest BCUT2D eigenvalue weighted by molar-refractivity contribution is 5.35. The van der Waals surface area contributed by atoms with Crippen LogP contribution in [0, 0.1) is 29.6 Å². The molecule has 5 fully saturated rings. The highest BCUT2D eigenvalue weighted by atomic mass is 15.2. The third-order valence-corrected chi connectivity index (χ3v) is 8.31. The second-order valence-corrected chi connectivity index (χ2v) is 9.48. The minimum absolute atomic E-state index is 0.845. The predicted molar refractivity (Wildman–Crippen MR) is 93.4 cm³/mol. The van der Waals surface area contributed by atoms with Crippen LogP contribution in [0.4, 0.5) is 0 Å². The molecule has 7 rings (SSSR count). The normalized spacial score (nSPS) is 47.6. The number of nitrogens with zero attached hydrogens (tertiary/aromatic N) is 1. The molecule has 122 valence electrons. The van der Waals surface area contributed by atoms with Crippen molar-refractivity contribution in [3.05, 3.63) is 35.4 Å². The number of hydrogen-bond donors (Lipinski definition) is 0. The Bertz CT molecular complexity index is 592. The molecule has 1 heterocycles. The number of likely N-dealkylation sites (tertiary alicyclic amines) is 1. The fourth-order valence-corrected chi connectivity index (χ4v) is 7.75. The summed E-state index contributed by atoms with van der Waals surface area (Å²) in [5.41, 5.74) is 3.36. The number of hydrogen-bond acceptors (Lipinski definition) is 1. The smallest absolute Gasteiger partial charge is 0.0152 e. The Hall–Kier alpha value is -0.820. The minimum atomic E-state index is 0.845. The van der Waals surface area contributed by atoms with Crippen LogP contribution < -0.4 is 0 Å². The van der Waals surface area contributed by atoms with Gasteiger partial charge in [-0.15, -0.1) is 0 Å². The van der Waals surface area contributed by atoms with Gasteiger partial charge in [0.25, 0.3) is 0 Å². The van der Waals surface area contributed by atoms with Gasteiger partial charge in [0.1, 0.15) is 0 Å². The van der Waals surface area contributed by atoms with E-state index in [0.29, 0.717) is 0 Å². The molecule has 2 atom stereocenters. The maximum absolute atomic E-state index is 2.99. The van der Waals surface area contributed by atoms with Crippen LogP contribution in [-0.4, -0.2) is 24.0 Å². The average molecular weight is 307 g/mol. The van der Waals surface area contributed by atoms with Crippen molar-refractivity contribution in [3.8, 4) is 0 Å². The van der Waals surface area contributed by atoms with Gasteiger partial charge in [-0.1, -0.05) is 24.3 Å².